The van der Waals surface area contributed by atoms with E-state index in [1.54, 1.807) is 0 Å². The van der Waals surface area contributed by atoms with Crippen molar-refractivity contribution in [2.75, 3.05) is 6.54 Å². The Morgan fingerprint density at radius 3 is 2.70 bits per heavy atom. The first-order chi connectivity index (χ1) is 13.0. The Balaban J connectivity index is 1.36. The molecule has 2 aromatic rings. The van der Waals surface area contributed by atoms with Crippen molar-refractivity contribution in [2.24, 2.45) is 13.0 Å². The van der Waals surface area contributed by atoms with Crippen LogP contribution in [-0.4, -0.2) is 36.9 Å². The number of fused-ring (bicyclic) bond motifs is 1. The Bertz CT molecular complexity index is 830. The van der Waals surface area contributed by atoms with Crippen molar-refractivity contribution in [3.63, 3.8) is 0 Å². The molecule has 7 nitrogen and oxygen atoms in total. The summed E-state index contributed by atoms with van der Waals surface area (Å²) in [7, 11) is 2.00. The van der Waals surface area contributed by atoms with E-state index < -0.39 is 0 Å². The zero-order valence-electron chi connectivity index (χ0n) is 16.7. The van der Waals surface area contributed by atoms with E-state index in [4.69, 9.17) is 0 Å². The van der Waals surface area contributed by atoms with E-state index in [1.807, 2.05) is 11.7 Å². The summed E-state index contributed by atoms with van der Waals surface area (Å²) in [5.41, 5.74) is 5.87. The maximum atomic E-state index is 12.2. The monoisotopic (exact) mass is 370 g/mol. The van der Waals surface area contributed by atoms with Crippen LogP contribution >= 0.6 is 0 Å². The number of carbonyl (C=O) groups excluding carboxylic acids is 1. The van der Waals surface area contributed by atoms with E-state index >= 15 is 0 Å². The number of nitrogens with one attached hydrogen (secondary N) is 1. The molecular weight excluding hydrogens is 340 g/mol. The van der Waals surface area contributed by atoms with Crippen molar-refractivity contribution < 1.29 is 4.79 Å². The third-order valence-electron chi connectivity index (χ3n) is 6.14. The molecule has 0 atom stereocenters. The number of aryl methyl sites for hydroxylation is 2. The number of amides is 1. The van der Waals surface area contributed by atoms with Gasteiger partial charge < -0.3 is 5.32 Å². The average Bonchev–Trinajstić information content (AvgIpc) is 3.36. The van der Waals surface area contributed by atoms with E-state index in [1.165, 1.54) is 29.8 Å². The van der Waals surface area contributed by atoms with Gasteiger partial charge in [0.25, 0.3) is 0 Å². The lowest BCUT2D eigenvalue weighted by Gasteiger charge is -2.27. The molecule has 0 radical (unpaired) electrons. The smallest absolute Gasteiger partial charge is 0.223 e. The second-order valence-corrected chi connectivity index (χ2v) is 8.03. The minimum atomic E-state index is 0.197. The average molecular weight is 371 g/mol. The Hall–Kier alpha value is -2.15. The highest BCUT2D eigenvalue weighted by Crippen LogP contribution is 2.25. The van der Waals surface area contributed by atoms with Crippen LogP contribution in [0.5, 0.6) is 0 Å². The third kappa shape index (κ3) is 3.78. The molecule has 2 aromatic heterocycles. The molecule has 1 N–H and O–H groups in total. The molecule has 0 unspecified atom stereocenters. The number of nitrogens with zero attached hydrogens (tertiary/aromatic N) is 5. The van der Waals surface area contributed by atoms with E-state index in [0.717, 1.165) is 50.4 Å². The summed E-state index contributed by atoms with van der Waals surface area (Å²) in [5.74, 6) is 0.409. The van der Waals surface area contributed by atoms with Crippen LogP contribution in [0.15, 0.2) is 6.07 Å². The van der Waals surface area contributed by atoms with E-state index in [0.29, 0.717) is 6.54 Å². The van der Waals surface area contributed by atoms with Gasteiger partial charge in [0.05, 0.1) is 30.2 Å². The number of hydrogen-bond donors (Lipinski definition) is 1. The molecule has 1 aliphatic heterocycles. The van der Waals surface area contributed by atoms with Crippen LogP contribution in [-0.2, 0) is 38.0 Å². The summed E-state index contributed by atoms with van der Waals surface area (Å²) >= 11 is 0. The SMILES string of the molecule is Cc1nn(C)c(C)c1CN1CCn2nc(CNC(=O)C3CCCC3)cc2C1. The number of rotatable bonds is 5. The summed E-state index contributed by atoms with van der Waals surface area (Å²) in [6.45, 7) is 8.44. The van der Waals surface area contributed by atoms with Crippen molar-refractivity contribution >= 4 is 5.91 Å². The number of hydrogen-bond acceptors (Lipinski definition) is 4. The summed E-state index contributed by atoms with van der Waals surface area (Å²) in [4.78, 5) is 14.7. The highest BCUT2D eigenvalue weighted by atomic mass is 16.1. The highest BCUT2D eigenvalue weighted by Gasteiger charge is 2.24. The Kier molecular flexibility index (Phi) is 5.04. The molecule has 1 fully saturated rings. The van der Waals surface area contributed by atoms with E-state index in [-0.39, 0.29) is 11.8 Å². The number of aromatic nitrogens is 4. The minimum Gasteiger partial charge on any atom is -0.350 e. The topological polar surface area (TPSA) is 68.0 Å². The maximum absolute atomic E-state index is 12.2. The first-order valence-electron chi connectivity index (χ1n) is 10.1. The van der Waals surface area contributed by atoms with Crippen LogP contribution in [0.3, 0.4) is 0 Å². The van der Waals surface area contributed by atoms with Crippen LogP contribution < -0.4 is 5.32 Å². The molecule has 27 heavy (non-hydrogen) atoms. The van der Waals surface area contributed by atoms with Crippen LogP contribution in [0.2, 0.25) is 0 Å². The van der Waals surface area contributed by atoms with E-state index in [2.05, 4.69) is 45.0 Å². The van der Waals surface area contributed by atoms with Gasteiger partial charge in [-0.2, -0.15) is 10.2 Å². The van der Waals surface area contributed by atoms with Gasteiger partial charge >= 0.3 is 0 Å². The summed E-state index contributed by atoms with van der Waals surface area (Å²) < 4.78 is 4.06. The van der Waals surface area contributed by atoms with Gasteiger partial charge in [-0.3, -0.25) is 19.1 Å². The molecule has 0 saturated heterocycles. The lowest BCUT2D eigenvalue weighted by atomic mass is 10.1. The van der Waals surface area contributed by atoms with Crippen LogP contribution in [0.1, 0.15) is 54.0 Å². The van der Waals surface area contributed by atoms with E-state index in [9.17, 15) is 4.79 Å². The molecule has 1 amide bonds. The molecule has 1 saturated carbocycles. The quantitative estimate of drug-likeness (QED) is 0.875. The second-order valence-electron chi connectivity index (χ2n) is 8.03. The number of carbonyl (C=O) groups is 1. The van der Waals surface area contributed by atoms with Gasteiger partial charge in [0.2, 0.25) is 5.91 Å². The summed E-state index contributed by atoms with van der Waals surface area (Å²) in [5, 5.41) is 12.3. The van der Waals surface area contributed by atoms with Crippen molar-refractivity contribution in [3.05, 3.63) is 34.4 Å². The second kappa shape index (κ2) is 7.46. The van der Waals surface area contributed by atoms with Crippen molar-refractivity contribution in [3.8, 4) is 0 Å². The van der Waals surface area contributed by atoms with Gasteiger partial charge in [0, 0.05) is 43.9 Å². The van der Waals surface area contributed by atoms with Crippen molar-refractivity contribution in [2.45, 2.75) is 65.7 Å². The summed E-state index contributed by atoms with van der Waals surface area (Å²) in [6, 6.07) is 2.14. The molecular formula is C20H30N6O. The van der Waals surface area contributed by atoms with Crippen molar-refractivity contribution in [1.82, 2.24) is 29.8 Å². The lowest BCUT2D eigenvalue weighted by molar-refractivity contribution is -0.124. The van der Waals surface area contributed by atoms with Crippen LogP contribution in [0.25, 0.3) is 0 Å². The molecule has 1 aliphatic carbocycles. The Morgan fingerprint density at radius 1 is 1.22 bits per heavy atom. The first kappa shape index (κ1) is 18.2. The summed E-state index contributed by atoms with van der Waals surface area (Å²) in [6.07, 6.45) is 4.44. The minimum absolute atomic E-state index is 0.197. The van der Waals surface area contributed by atoms with Crippen molar-refractivity contribution in [1.29, 1.82) is 0 Å². The van der Waals surface area contributed by atoms with Gasteiger partial charge in [-0.15, -0.1) is 0 Å². The first-order valence-corrected chi connectivity index (χ1v) is 10.1. The zero-order chi connectivity index (χ0) is 19.0. The molecule has 0 spiro atoms. The van der Waals surface area contributed by atoms with Gasteiger partial charge in [-0.25, -0.2) is 0 Å². The highest BCUT2D eigenvalue weighted by molar-refractivity contribution is 5.78. The lowest BCUT2D eigenvalue weighted by Crippen LogP contribution is -2.33. The van der Waals surface area contributed by atoms with Gasteiger partial charge in [-0.05, 0) is 32.8 Å². The Morgan fingerprint density at radius 2 is 2.00 bits per heavy atom. The Labute approximate surface area is 160 Å². The normalized spacial score (nSPS) is 18.0. The zero-order valence-corrected chi connectivity index (χ0v) is 16.7. The van der Waals surface area contributed by atoms with Crippen LogP contribution in [0, 0.1) is 19.8 Å². The molecule has 0 bridgehead atoms. The fraction of sp³-hybridized carbons (Fsp3) is 0.650. The van der Waals surface area contributed by atoms with Gasteiger partial charge in [0.1, 0.15) is 0 Å². The standard InChI is InChI=1S/C20H30N6O/c1-14-19(15(2)24(3)22-14)13-25-8-9-26-18(12-25)10-17(23-26)11-21-20(27)16-6-4-5-7-16/h10,16H,4-9,11-13H2,1-3H3,(H,21,27). The molecule has 2 aliphatic rings. The molecule has 7 heteroatoms. The fourth-order valence-corrected chi connectivity index (χ4v) is 4.38. The largest absolute Gasteiger partial charge is 0.350 e. The maximum Gasteiger partial charge on any atom is 0.223 e. The molecule has 0 aromatic carbocycles. The predicted molar refractivity (Wildman–Crippen MR) is 103 cm³/mol. The molecule has 146 valence electrons. The van der Waals surface area contributed by atoms with Gasteiger partial charge in [0.15, 0.2) is 0 Å². The fourth-order valence-electron chi connectivity index (χ4n) is 4.38. The van der Waals surface area contributed by atoms with Crippen LogP contribution in [0.4, 0.5) is 0 Å². The predicted octanol–water partition coefficient (Wildman–Crippen LogP) is 2.06. The third-order valence-corrected chi connectivity index (χ3v) is 6.14. The van der Waals surface area contributed by atoms with Gasteiger partial charge in [-0.1, -0.05) is 12.8 Å². The molecule has 3 heterocycles. The molecule has 4 rings (SSSR count).